The summed E-state index contributed by atoms with van der Waals surface area (Å²) in [6.45, 7) is 1.77. The number of nitrogens with one attached hydrogen (secondary N) is 1. The molecular formula is C15H13BrClFN2O. The van der Waals surface area contributed by atoms with E-state index in [4.69, 9.17) is 17.3 Å². The second-order valence-corrected chi connectivity index (χ2v) is 5.95. The number of hydrogen-bond acceptors (Lipinski definition) is 2. The van der Waals surface area contributed by atoms with Gasteiger partial charge in [-0.1, -0.05) is 27.5 Å². The maximum Gasteiger partial charge on any atom is 0.244 e. The average molecular weight is 372 g/mol. The maximum absolute atomic E-state index is 13.4. The minimum absolute atomic E-state index is 0.383. The number of rotatable bonds is 4. The molecule has 0 bridgehead atoms. The number of benzene rings is 2. The van der Waals surface area contributed by atoms with Gasteiger partial charge in [0.25, 0.3) is 0 Å². The molecule has 110 valence electrons. The Balaban J connectivity index is 2.40. The molecule has 0 aromatic heterocycles. The van der Waals surface area contributed by atoms with Crippen LogP contribution >= 0.6 is 27.5 Å². The maximum atomic E-state index is 13.4. The zero-order chi connectivity index (χ0) is 15.6. The van der Waals surface area contributed by atoms with E-state index in [1.165, 1.54) is 12.1 Å². The van der Waals surface area contributed by atoms with Crippen LogP contribution in [-0.2, 0) is 4.79 Å². The summed E-state index contributed by atoms with van der Waals surface area (Å²) in [6.07, 6.45) is 0. The topological polar surface area (TPSA) is 55.1 Å². The molecule has 3 N–H and O–H groups in total. The molecule has 0 aliphatic heterocycles. The van der Waals surface area contributed by atoms with Crippen LogP contribution in [0.25, 0.3) is 0 Å². The summed E-state index contributed by atoms with van der Waals surface area (Å²) in [6, 6.07) is 8.68. The summed E-state index contributed by atoms with van der Waals surface area (Å²) in [4.78, 5) is 11.7. The molecule has 1 atom stereocenters. The number of carbonyl (C=O) groups excluding carboxylic acids is 1. The monoisotopic (exact) mass is 370 g/mol. The molecule has 0 fully saturated rings. The Bertz CT molecular complexity index is 673. The predicted octanol–water partition coefficient (Wildman–Crippen LogP) is 4.19. The predicted molar refractivity (Wildman–Crippen MR) is 85.8 cm³/mol. The second-order valence-electron chi connectivity index (χ2n) is 4.66. The molecule has 1 unspecified atom stereocenters. The van der Waals surface area contributed by atoms with Gasteiger partial charge in [-0.2, -0.15) is 0 Å². The standard InChI is InChI=1S/C15H13BrClFN2O/c1-8-4-10(18)7-11(5-8)20-14(15(19)21)12-6-9(17)2-3-13(12)16/h2-7,14,20H,1H3,(H2,19,21). The van der Waals surface area contributed by atoms with Gasteiger partial charge in [0.1, 0.15) is 11.9 Å². The molecule has 2 rings (SSSR count). The molecule has 0 saturated carbocycles. The Hall–Kier alpha value is -1.59. The highest BCUT2D eigenvalue weighted by Crippen LogP contribution is 2.29. The Labute approximate surface area is 135 Å². The van der Waals surface area contributed by atoms with Crippen molar-refractivity contribution in [2.45, 2.75) is 13.0 Å². The molecule has 1 amide bonds. The molecular weight excluding hydrogens is 359 g/mol. The number of amides is 1. The van der Waals surface area contributed by atoms with E-state index < -0.39 is 11.9 Å². The lowest BCUT2D eigenvalue weighted by Crippen LogP contribution is -2.28. The summed E-state index contributed by atoms with van der Waals surface area (Å²) >= 11 is 9.32. The summed E-state index contributed by atoms with van der Waals surface area (Å²) in [7, 11) is 0. The lowest BCUT2D eigenvalue weighted by Gasteiger charge is -2.19. The fourth-order valence-corrected chi connectivity index (χ4v) is 2.68. The van der Waals surface area contributed by atoms with Crippen molar-refractivity contribution in [2.24, 2.45) is 5.73 Å². The third kappa shape index (κ3) is 3.95. The van der Waals surface area contributed by atoms with E-state index in [-0.39, 0.29) is 5.82 Å². The third-order valence-electron chi connectivity index (χ3n) is 2.91. The van der Waals surface area contributed by atoms with Gasteiger partial charge in [-0.05, 0) is 54.4 Å². The SMILES string of the molecule is Cc1cc(F)cc(NC(C(N)=O)c2cc(Cl)ccc2Br)c1. The van der Waals surface area contributed by atoms with Crippen LogP contribution in [0.4, 0.5) is 10.1 Å². The minimum atomic E-state index is -0.820. The fraction of sp³-hybridized carbons (Fsp3) is 0.133. The van der Waals surface area contributed by atoms with Crippen molar-refractivity contribution in [1.29, 1.82) is 0 Å². The van der Waals surface area contributed by atoms with E-state index in [1.54, 1.807) is 31.2 Å². The van der Waals surface area contributed by atoms with Crippen LogP contribution in [0.1, 0.15) is 17.2 Å². The van der Waals surface area contributed by atoms with E-state index in [2.05, 4.69) is 21.2 Å². The zero-order valence-electron chi connectivity index (χ0n) is 11.2. The van der Waals surface area contributed by atoms with Crippen molar-refractivity contribution in [3.63, 3.8) is 0 Å². The normalized spacial score (nSPS) is 12.0. The first kappa shape index (κ1) is 15.8. The fourth-order valence-electron chi connectivity index (χ4n) is 2.02. The van der Waals surface area contributed by atoms with Gasteiger partial charge < -0.3 is 11.1 Å². The first-order valence-electron chi connectivity index (χ1n) is 6.15. The number of halogens is 3. The van der Waals surface area contributed by atoms with Crippen LogP contribution in [0, 0.1) is 12.7 Å². The molecule has 0 spiro atoms. The summed E-state index contributed by atoms with van der Waals surface area (Å²) in [5, 5.41) is 3.42. The number of aryl methyl sites for hydroxylation is 1. The molecule has 0 radical (unpaired) electrons. The van der Waals surface area contributed by atoms with Crippen LogP contribution in [0.2, 0.25) is 5.02 Å². The number of carbonyl (C=O) groups is 1. The molecule has 0 saturated heterocycles. The van der Waals surface area contributed by atoms with Gasteiger partial charge in [-0.25, -0.2) is 4.39 Å². The number of nitrogens with two attached hydrogens (primary N) is 1. The molecule has 21 heavy (non-hydrogen) atoms. The average Bonchev–Trinajstić information content (AvgIpc) is 2.37. The van der Waals surface area contributed by atoms with Gasteiger partial charge in [0.15, 0.2) is 0 Å². The van der Waals surface area contributed by atoms with Gasteiger partial charge >= 0.3 is 0 Å². The van der Waals surface area contributed by atoms with Gasteiger partial charge in [0.2, 0.25) is 5.91 Å². The zero-order valence-corrected chi connectivity index (χ0v) is 13.5. The van der Waals surface area contributed by atoms with Crippen molar-refractivity contribution in [3.05, 3.63) is 62.8 Å². The van der Waals surface area contributed by atoms with Crippen LogP contribution in [0.3, 0.4) is 0 Å². The lowest BCUT2D eigenvalue weighted by molar-refractivity contribution is -0.118. The number of hydrogen-bond donors (Lipinski definition) is 2. The molecule has 3 nitrogen and oxygen atoms in total. The Kier molecular flexibility index (Phi) is 4.85. The van der Waals surface area contributed by atoms with Crippen LogP contribution in [-0.4, -0.2) is 5.91 Å². The van der Waals surface area contributed by atoms with Gasteiger partial charge in [0.05, 0.1) is 0 Å². The largest absolute Gasteiger partial charge is 0.370 e. The van der Waals surface area contributed by atoms with Crippen LogP contribution < -0.4 is 11.1 Å². The van der Waals surface area contributed by atoms with Crippen LogP contribution in [0.5, 0.6) is 0 Å². The first-order valence-corrected chi connectivity index (χ1v) is 7.32. The van der Waals surface area contributed by atoms with Crippen molar-refractivity contribution >= 4 is 39.1 Å². The van der Waals surface area contributed by atoms with Crippen molar-refractivity contribution < 1.29 is 9.18 Å². The van der Waals surface area contributed by atoms with E-state index >= 15 is 0 Å². The van der Waals surface area contributed by atoms with Crippen molar-refractivity contribution in [3.8, 4) is 0 Å². The van der Waals surface area contributed by atoms with E-state index in [9.17, 15) is 9.18 Å². The summed E-state index contributed by atoms with van der Waals surface area (Å²) in [5.74, 6) is -0.967. The highest BCUT2D eigenvalue weighted by Gasteiger charge is 2.21. The summed E-state index contributed by atoms with van der Waals surface area (Å²) < 4.78 is 14.1. The highest BCUT2D eigenvalue weighted by molar-refractivity contribution is 9.10. The second kappa shape index (κ2) is 6.45. The van der Waals surface area contributed by atoms with Crippen LogP contribution in [0.15, 0.2) is 40.9 Å². The Morgan fingerprint density at radius 2 is 2.05 bits per heavy atom. The molecule has 6 heteroatoms. The summed E-state index contributed by atoms with van der Waals surface area (Å²) in [5.41, 5.74) is 7.26. The third-order valence-corrected chi connectivity index (χ3v) is 3.86. The van der Waals surface area contributed by atoms with E-state index in [0.717, 1.165) is 5.56 Å². The number of anilines is 1. The number of primary amides is 1. The molecule has 0 aliphatic rings. The molecule has 0 heterocycles. The van der Waals surface area contributed by atoms with Gasteiger partial charge in [0, 0.05) is 15.2 Å². The Morgan fingerprint density at radius 1 is 1.33 bits per heavy atom. The smallest absolute Gasteiger partial charge is 0.244 e. The molecule has 2 aromatic rings. The van der Waals surface area contributed by atoms with Gasteiger partial charge in [-0.3, -0.25) is 4.79 Å². The van der Waals surface area contributed by atoms with Crippen molar-refractivity contribution in [1.82, 2.24) is 0 Å². The molecule has 2 aromatic carbocycles. The Morgan fingerprint density at radius 3 is 2.67 bits per heavy atom. The van der Waals surface area contributed by atoms with E-state index in [0.29, 0.717) is 20.7 Å². The first-order chi connectivity index (χ1) is 9.86. The van der Waals surface area contributed by atoms with Gasteiger partial charge in [-0.15, -0.1) is 0 Å². The van der Waals surface area contributed by atoms with E-state index in [1.807, 2.05) is 0 Å². The van der Waals surface area contributed by atoms with Crippen molar-refractivity contribution in [2.75, 3.05) is 5.32 Å². The minimum Gasteiger partial charge on any atom is -0.370 e. The molecule has 0 aliphatic carbocycles. The lowest BCUT2D eigenvalue weighted by atomic mass is 10.1. The quantitative estimate of drug-likeness (QED) is 0.847. The highest BCUT2D eigenvalue weighted by atomic mass is 79.9.